The van der Waals surface area contributed by atoms with Gasteiger partial charge < -0.3 is 20.2 Å². The molecule has 3 N–H and O–H groups in total. The fourth-order valence-corrected chi connectivity index (χ4v) is 3.86. The molecule has 0 radical (unpaired) electrons. The second-order valence-corrected chi connectivity index (χ2v) is 7.80. The van der Waals surface area contributed by atoms with E-state index in [1.165, 1.54) is 18.5 Å². The summed E-state index contributed by atoms with van der Waals surface area (Å²) in [7, 11) is 3.97. The van der Waals surface area contributed by atoms with E-state index in [9.17, 15) is 4.79 Å². The summed E-state index contributed by atoms with van der Waals surface area (Å²) in [6.45, 7) is 0. The van der Waals surface area contributed by atoms with E-state index in [4.69, 9.17) is 10.1 Å². The number of carbonyl (C=O) groups is 1. The standard InChI is InChI=1S/C19H27N7O2/c1-25(14-7-5-13(6-8-14)21-19(27)28)18-20-10-9-16(22-18)26(2)17-11-15(23-24-17)12-3-4-12/h9-14,21H,3-8H2,1-2H3,(H,23,24)(H,27,28). The molecule has 2 saturated carbocycles. The second-order valence-electron chi connectivity index (χ2n) is 7.80. The molecule has 0 unspecified atom stereocenters. The molecule has 2 fully saturated rings. The molecule has 2 aliphatic rings. The average molecular weight is 385 g/mol. The fraction of sp³-hybridized carbons (Fsp3) is 0.579. The van der Waals surface area contributed by atoms with E-state index < -0.39 is 6.09 Å². The van der Waals surface area contributed by atoms with Gasteiger partial charge in [-0.1, -0.05) is 0 Å². The molecular formula is C19H27N7O2. The van der Waals surface area contributed by atoms with Gasteiger partial charge in [-0.25, -0.2) is 9.78 Å². The zero-order valence-electron chi connectivity index (χ0n) is 16.3. The molecule has 1 amide bonds. The lowest BCUT2D eigenvalue weighted by Crippen LogP contribution is -2.43. The lowest BCUT2D eigenvalue weighted by atomic mass is 9.90. The van der Waals surface area contributed by atoms with Gasteiger partial charge >= 0.3 is 6.09 Å². The Kier molecular flexibility index (Phi) is 5.06. The molecule has 2 aromatic heterocycles. The number of hydrogen-bond acceptors (Lipinski definition) is 6. The summed E-state index contributed by atoms with van der Waals surface area (Å²) in [5.41, 5.74) is 1.19. The van der Waals surface area contributed by atoms with Crippen molar-refractivity contribution in [2.75, 3.05) is 23.9 Å². The van der Waals surface area contributed by atoms with E-state index in [1.807, 2.05) is 25.1 Å². The van der Waals surface area contributed by atoms with E-state index >= 15 is 0 Å². The summed E-state index contributed by atoms with van der Waals surface area (Å²) < 4.78 is 0. The molecule has 28 heavy (non-hydrogen) atoms. The predicted molar refractivity (Wildman–Crippen MR) is 106 cm³/mol. The SMILES string of the molecule is CN(c1cc(C2CC2)[nH]n1)c1ccnc(N(C)C2CCC(NC(=O)O)CC2)n1. The van der Waals surface area contributed by atoms with Crippen molar-refractivity contribution in [1.82, 2.24) is 25.5 Å². The maximum absolute atomic E-state index is 10.8. The third-order valence-corrected chi connectivity index (χ3v) is 5.80. The Bertz CT molecular complexity index is 827. The first-order valence-electron chi connectivity index (χ1n) is 9.85. The number of anilines is 3. The summed E-state index contributed by atoms with van der Waals surface area (Å²) in [4.78, 5) is 24.1. The Morgan fingerprint density at radius 1 is 1.18 bits per heavy atom. The van der Waals surface area contributed by atoms with Crippen molar-refractivity contribution in [2.24, 2.45) is 0 Å². The largest absolute Gasteiger partial charge is 0.465 e. The van der Waals surface area contributed by atoms with Gasteiger partial charge in [0.15, 0.2) is 5.82 Å². The van der Waals surface area contributed by atoms with Crippen LogP contribution in [0.2, 0.25) is 0 Å². The van der Waals surface area contributed by atoms with E-state index in [1.54, 1.807) is 6.20 Å². The highest BCUT2D eigenvalue weighted by molar-refractivity contribution is 5.64. The van der Waals surface area contributed by atoms with E-state index in [0.29, 0.717) is 17.9 Å². The van der Waals surface area contributed by atoms with Crippen LogP contribution >= 0.6 is 0 Å². The number of H-pyrrole nitrogens is 1. The molecule has 0 atom stereocenters. The van der Waals surface area contributed by atoms with Gasteiger partial charge in [-0.05, 0) is 44.6 Å². The normalized spacial score (nSPS) is 21.9. The lowest BCUT2D eigenvalue weighted by molar-refractivity contribution is 0.185. The molecule has 0 bridgehead atoms. The Hall–Kier alpha value is -2.84. The van der Waals surface area contributed by atoms with Gasteiger partial charge in [0.05, 0.1) is 0 Å². The van der Waals surface area contributed by atoms with Gasteiger partial charge in [-0.3, -0.25) is 5.10 Å². The highest BCUT2D eigenvalue weighted by Crippen LogP contribution is 2.40. The minimum atomic E-state index is -0.945. The lowest BCUT2D eigenvalue weighted by Gasteiger charge is -2.34. The van der Waals surface area contributed by atoms with Gasteiger partial charge in [0.2, 0.25) is 5.95 Å². The molecule has 0 aromatic carbocycles. The van der Waals surface area contributed by atoms with Gasteiger partial charge in [0.1, 0.15) is 5.82 Å². The first kappa shape index (κ1) is 18.5. The molecule has 2 aromatic rings. The van der Waals surface area contributed by atoms with E-state index in [2.05, 4.69) is 31.5 Å². The number of aromatic nitrogens is 4. The van der Waals surface area contributed by atoms with Crippen LogP contribution < -0.4 is 15.1 Å². The van der Waals surface area contributed by atoms with Crippen molar-refractivity contribution >= 4 is 23.7 Å². The van der Waals surface area contributed by atoms with Crippen molar-refractivity contribution < 1.29 is 9.90 Å². The fourth-order valence-electron chi connectivity index (χ4n) is 3.86. The monoisotopic (exact) mass is 385 g/mol. The van der Waals surface area contributed by atoms with Crippen molar-refractivity contribution in [3.8, 4) is 0 Å². The minimum Gasteiger partial charge on any atom is -0.465 e. The maximum atomic E-state index is 10.8. The first-order chi connectivity index (χ1) is 13.5. The molecule has 4 rings (SSSR count). The minimum absolute atomic E-state index is 0.0425. The summed E-state index contributed by atoms with van der Waals surface area (Å²) in [5.74, 6) is 2.96. The number of nitrogens with zero attached hydrogens (tertiary/aromatic N) is 5. The summed E-state index contributed by atoms with van der Waals surface area (Å²) in [6, 6.07) is 4.33. The summed E-state index contributed by atoms with van der Waals surface area (Å²) in [5, 5.41) is 19.0. The smallest absolute Gasteiger partial charge is 0.404 e. The van der Waals surface area contributed by atoms with Crippen LogP contribution in [0.3, 0.4) is 0 Å². The summed E-state index contributed by atoms with van der Waals surface area (Å²) in [6.07, 6.45) is 6.78. The Balaban J connectivity index is 1.42. The Morgan fingerprint density at radius 3 is 2.61 bits per heavy atom. The quantitative estimate of drug-likeness (QED) is 0.701. The molecule has 150 valence electrons. The van der Waals surface area contributed by atoms with Gasteiger partial charge in [-0.2, -0.15) is 10.1 Å². The highest BCUT2D eigenvalue weighted by atomic mass is 16.4. The zero-order chi connectivity index (χ0) is 19.7. The molecule has 9 nitrogen and oxygen atoms in total. The number of hydrogen-bond donors (Lipinski definition) is 3. The van der Waals surface area contributed by atoms with Crippen LogP contribution in [0.4, 0.5) is 22.4 Å². The molecule has 9 heteroatoms. The van der Waals surface area contributed by atoms with Crippen LogP contribution in [0, 0.1) is 0 Å². The Labute approximate surface area is 164 Å². The van der Waals surface area contributed by atoms with Crippen molar-refractivity contribution in [1.29, 1.82) is 0 Å². The van der Waals surface area contributed by atoms with Crippen molar-refractivity contribution in [3.05, 3.63) is 24.0 Å². The van der Waals surface area contributed by atoms with Crippen LogP contribution in [0.5, 0.6) is 0 Å². The topological polar surface area (TPSA) is 110 Å². The number of amides is 1. The zero-order valence-corrected chi connectivity index (χ0v) is 16.3. The number of rotatable bonds is 6. The van der Waals surface area contributed by atoms with Gasteiger partial charge in [0, 0.05) is 50.1 Å². The average Bonchev–Trinajstić information content (AvgIpc) is 3.44. The molecule has 0 aliphatic heterocycles. The molecule has 0 saturated heterocycles. The molecule has 2 heterocycles. The van der Waals surface area contributed by atoms with Crippen LogP contribution in [0.25, 0.3) is 0 Å². The summed E-state index contributed by atoms with van der Waals surface area (Å²) >= 11 is 0. The predicted octanol–water partition coefficient (Wildman–Crippen LogP) is 2.86. The highest BCUT2D eigenvalue weighted by Gasteiger charge is 2.28. The third kappa shape index (κ3) is 4.02. The van der Waals surface area contributed by atoms with Gasteiger partial charge in [-0.15, -0.1) is 0 Å². The van der Waals surface area contributed by atoms with Crippen molar-refractivity contribution in [2.45, 2.75) is 56.5 Å². The van der Waals surface area contributed by atoms with Crippen LogP contribution in [0.15, 0.2) is 18.3 Å². The van der Waals surface area contributed by atoms with Crippen molar-refractivity contribution in [3.63, 3.8) is 0 Å². The van der Waals surface area contributed by atoms with Crippen LogP contribution in [-0.2, 0) is 0 Å². The molecule has 0 spiro atoms. The Morgan fingerprint density at radius 2 is 1.93 bits per heavy atom. The first-order valence-corrected chi connectivity index (χ1v) is 9.85. The van der Waals surface area contributed by atoms with E-state index in [-0.39, 0.29) is 6.04 Å². The molecule has 2 aliphatic carbocycles. The number of nitrogens with one attached hydrogen (secondary N) is 2. The second kappa shape index (κ2) is 7.65. The number of aromatic amines is 1. The maximum Gasteiger partial charge on any atom is 0.404 e. The van der Waals surface area contributed by atoms with Crippen LogP contribution in [0.1, 0.15) is 50.1 Å². The number of carboxylic acid groups (broad SMARTS) is 1. The molecular weight excluding hydrogens is 358 g/mol. The van der Waals surface area contributed by atoms with Gasteiger partial charge in [0.25, 0.3) is 0 Å². The third-order valence-electron chi connectivity index (χ3n) is 5.80. The van der Waals surface area contributed by atoms with Crippen LogP contribution in [-0.4, -0.2) is 57.5 Å². The van der Waals surface area contributed by atoms with E-state index in [0.717, 1.165) is 37.3 Å².